The van der Waals surface area contributed by atoms with Crippen molar-refractivity contribution in [1.82, 2.24) is 9.88 Å². The Morgan fingerprint density at radius 2 is 2.06 bits per heavy atom. The fourth-order valence-corrected chi connectivity index (χ4v) is 7.13. The quantitative estimate of drug-likeness (QED) is 0.354. The zero-order chi connectivity index (χ0) is 24.8. The molecule has 6 nitrogen and oxygen atoms in total. The van der Waals surface area contributed by atoms with Crippen molar-refractivity contribution in [1.29, 1.82) is 0 Å². The Labute approximate surface area is 217 Å². The number of rotatable bonds is 11. The first kappa shape index (κ1) is 26.5. The summed E-state index contributed by atoms with van der Waals surface area (Å²) < 4.78 is 5.33. The molecule has 2 N–H and O–H groups in total. The fraction of sp³-hybridized carbons (Fsp3) is 0.630. The Morgan fingerprint density at radius 3 is 2.74 bits per heavy atom. The molecule has 0 radical (unpaired) electrons. The van der Waals surface area contributed by atoms with Crippen LogP contribution in [-0.4, -0.2) is 63.8 Å². The second-order valence-electron chi connectivity index (χ2n) is 10.0. The first-order chi connectivity index (χ1) is 16.9. The van der Waals surface area contributed by atoms with Crippen molar-refractivity contribution >= 4 is 40.2 Å². The molecule has 192 valence electrons. The van der Waals surface area contributed by atoms with Gasteiger partial charge in [-0.2, -0.15) is 11.8 Å². The topological polar surface area (TPSA) is 82.9 Å². The van der Waals surface area contributed by atoms with E-state index in [0.29, 0.717) is 42.0 Å². The van der Waals surface area contributed by atoms with Gasteiger partial charge < -0.3 is 19.8 Å². The van der Waals surface area contributed by atoms with Crippen LogP contribution in [0.4, 0.5) is 0 Å². The molecule has 2 aromatic rings. The van der Waals surface area contributed by atoms with E-state index < -0.39 is 17.5 Å². The number of aliphatic hydroxyl groups excluding tert-OH is 1. The summed E-state index contributed by atoms with van der Waals surface area (Å²) in [6, 6.07) is 5.48. The monoisotopic (exact) mass is 520 g/mol. The standard InChI is InChI=1S/C27H37ClN2O4S/c1-34-19-7-8-23-21(17-19)25(22(28)18-29-23)24(31)9-10-27(26(32)33)11-14-30(15-12-27)13-4-16-35-20-5-2-3-6-20/h7-8,17-18,20,24,31H,2-6,9-16H2,1H3,(H,32,33). The highest BCUT2D eigenvalue weighted by Gasteiger charge is 2.41. The van der Waals surface area contributed by atoms with Crippen molar-refractivity contribution in [3.05, 3.63) is 35.0 Å². The van der Waals surface area contributed by atoms with Gasteiger partial charge >= 0.3 is 5.97 Å². The van der Waals surface area contributed by atoms with Gasteiger partial charge in [0.05, 0.1) is 29.2 Å². The van der Waals surface area contributed by atoms with Gasteiger partial charge in [-0.05, 0) is 88.5 Å². The molecule has 1 atom stereocenters. The van der Waals surface area contributed by atoms with Gasteiger partial charge in [0.15, 0.2) is 0 Å². The molecule has 2 aliphatic rings. The molecule has 1 saturated carbocycles. The fourth-order valence-electron chi connectivity index (χ4n) is 5.56. The number of methoxy groups -OCH3 is 1. The van der Waals surface area contributed by atoms with E-state index in [2.05, 4.69) is 21.6 Å². The Balaban J connectivity index is 1.34. The van der Waals surface area contributed by atoms with E-state index in [4.69, 9.17) is 16.3 Å². The van der Waals surface area contributed by atoms with Crippen molar-refractivity contribution in [2.24, 2.45) is 5.41 Å². The number of halogens is 1. The first-order valence-electron chi connectivity index (χ1n) is 12.8. The van der Waals surface area contributed by atoms with Crippen molar-refractivity contribution < 1.29 is 19.7 Å². The minimum absolute atomic E-state index is 0.334. The van der Waals surface area contributed by atoms with Crippen LogP contribution in [0.15, 0.2) is 24.4 Å². The number of aliphatic hydroxyl groups is 1. The van der Waals surface area contributed by atoms with Crippen LogP contribution in [0, 0.1) is 5.41 Å². The van der Waals surface area contributed by atoms with E-state index in [1.165, 1.54) is 31.4 Å². The Bertz CT molecular complexity index is 1010. The zero-order valence-corrected chi connectivity index (χ0v) is 22.1. The number of thioether (sulfide) groups is 1. The van der Waals surface area contributed by atoms with Gasteiger partial charge in [-0.15, -0.1) is 0 Å². The predicted molar refractivity (Wildman–Crippen MR) is 143 cm³/mol. The van der Waals surface area contributed by atoms with Crippen LogP contribution in [0.5, 0.6) is 5.75 Å². The summed E-state index contributed by atoms with van der Waals surface area (Å²) in [6.45, 7) is 2.64. The Kier molecular flexibility index (Phi) is 9.19. The average Bonchev–Trinajstić information content (AvgIpc) is 3.39. The van der Waals surface area contributed by atoms with Crippen LogP contribution >= 0.6 is 23.4 Å². The Hall–Kier alpha value is -1.54. The number of likely N-dealkylation sites (tertiary alicyclic amines) is 1. The molecule has 1 aliphatic heterocycles. The van der Waals surface area contributed by atoms with E-state index in [1.807, 2.05) is 18.2 Å². The number of carboxylic acid groups (broad SMARTS) is 1. The molecule has 0 bridgehead atoms. The number of carbonyl (C=O) groups is 1. The van der Waals surface area contributed by atoms with E-state index in [0.717, 1.165) is 42.2 Å². The number of benzene rings is 1. The zero-order valence-electron chi connectivity index (χ0n) is 20.5. The molecule has 1 saturated heterocycles. The molecule has 1 aromatic carbocycles. The number of pyridine rings is 1. The van der Waals surface area contributed by atoms with Crippen molar-refractivity contribution in [3.63, 3.8) is 0 Å². The number of fused-ring (bicyclic) bond motifs is 1. The second kappa shape index (κ2) is 12.1. The summed E-state index contributed by atoms with van der Waals surface area (Å²) in [7, 11) is 1.59. The first-order valence-corrected chi connectivity index (χ1v) is 14.2. The molecule has 0 amide bonds. The van der Waals surface area contributed by atoms with E-state index >= 15 is 0 Å². The van der Waals surface area contributed by atoms with E-state index in [9.17, 15) is 15.0 Å². The van der Waals surface area contributed by atoms with E-state index in [-0.39, 0.29) is 0 Å². The summed E-state index contributed by atoms with van der Waals surface area (Å²) >= 11 is 8.56. The highest BCUT2D eigenvalue weighted by molar-refractivity contribution is 7.99. The molecule has 8 heteroatoms. The molecule has 2 fully saturated rings. The van der Waals surface area contributed by atoms with Gasteiger partial charge in [-0.25, -0.2) is 0 Å². The van der Waals surface area contributed by atoms with Crippen LogP contribution in [0.25, 0.3) is 10.9 Å². The summed E-state index contributed by atoms with van der Waals surface area (Å²) in [4.78, 5) is 19.1. The molecule has 0 spiro atoms. The summed E-state index contributed by atoms with van der Waals surface area (Å²) in [6.07, 6.45) is 9.32. The van der Waals surface area contributed by atoms with Gasteiger partial charge in [-0.1, -0.05) is 24.4 Å². The minimum Gasteiger partial charge on any atom is -0.497 e. The lowest BCUT2D eigenvalue weighted by Gasteiger charge is -2.39. The van der Waals surface area contributed by atoms with Crippen LogP contribution in [0.3, 0.4) is 0 Å². The number of piperidine rings is 1. The molecule has 35 heavy (non-hydrogen) atoms. The maximum absolute atomic E-state index is 12.3. The Morgan fingerprint density at radius 1 is 1.31 bits per heavy atom. The average molecular weight is 521 g/mol. The highest BCUT2D eigenvalue weighted by Crippen LogP contribution is 2.41. The van der Waals surface area contributed by atoms with Crippen molar-refractivity contribution in [3.8, 4) is 5.75 Å². The van der Waals surface area contributed by atoms with Gasteiger partial charge in [0.1, 0.15) is 5.75 Å². The number of nitrogens with zero attached hydrogens (tertiary/aromatic N) is 2. The molecule has 1 aromatic heterocycles. The predicted octanol–water partition coefficient (Wildman–Crippen LogP) is 5.94. The number of aliphatic carboxylic acids is 1. The largest absolute Gasteiger partial charge is 0.497 e. The molecule has 1 aliphatic carbocycles. The summed E-state index contributed by atoms with van der Waals surface area (Å²) in [5, 5.41) is 23.2. The van der Waals surface area contributed by atoms with Gasteiger partial charge in [0, 0.05) is 22.4 Å². The van der Waals surface area contributed by atoms with Crippen LogP contribution in [0.2, 0.25) is 5.02 Å². The number of hydrogen-bond acceptors (Lipinski definition) is 6. The number of hydrogen-bond donors (Lipinski definition) is 2. The third-order valence-electron chi connectivity index (χ3n) is 7.84. The SMILES string of the molecule is COc1ccc2ncc(Cl)c(C(O)CCC3(C(=O)O)CCN(CCCSC4CCCC4)CC3)c2c1. The van der Waals surface area contributed by atoms with Crippen LogP contribution < -0.4 is 4.74 Å². The molecular weight excluding hydrogens is 484 g/mol. The molecule has 2 heterocycles. The van der Waals surface area contributed by atoms with Crippen molar-refractivity contribution in [2.75, 3.05) is 32.5 Å². The summed E-state index contributed by atoms with van der Waals surface area (Å²) in [5.74, 6) is 1.10. The minimum atomic E-state index is -0.873. The van der Waals surface area contributed by atoms with Crippen molar-refractivity contribution in [2.45, 2.75) is 69.1 Å². The maximum Gasteiger partial charge on any atom is 0.309 e. The molecule has 1 unspecified atom stereocenters. The second-order valence-corrected chi connectivity index (χ2v) is 11.8. The lowest BCUT2D eigenvalue weighted by Crippen LogP contribution is -2.44. The maximum atomic E-state index is 12.3. The normalized spacial score (nSPS) is 19.7. The molecule has 4 rings (SSSR count). The lowest BCUT2D eigenvalue weighted by atomic mass is 9.74. The number of aromatic nitrogens is 1. The number of ether oxygens (including phenoxy) is 1. The third-order valence-corrected chi connectivity index (χ3v) is 9.61. The number of carboxylic acids is 1. The summed E-state index contributed by atoms with van der Waals surface area (Å²) in [5.41, 5.74) is 0.508. The van der Waals surface area contributed by atoms with Crippen LogP contribution in [0.1, 0.15) is 69.5 Å². The van der Waals surface area contributed by atoms with E-state index in [1.54, 1.807) is 13.3 Å². The third kappa shape index (κ3) is 6.43. The van der Waals surface area contributed by atoms with Gasteiger partial charge in [-0.3, -0.25) is 9.78 Å². The highest BCUT2D eigenvalue weighted by atomic mass is 35.5. The van der Waals surface area contributed by atoms with Gasteiger partial charge in [0.2, 0.25) is 0 Å². The lowest BCUT2D eigenvalue weighted by molar-refractivity contribution is -0.153. The molecular formula is C27H37ClN2O4S. The van der Waals surface area contributed by atoms with Crippen LogP contribution in [-0.2, 0) is 4.79 Å². The smallest absolute Gasteiger partial charge is 0.309 e. The van der Waals surface area contributed by atoms with Gasteiger partial charge in [0.25, 0.3) is 0 Å².